The zero-order valence-corrected chi connectivity index (χ0v) is 21.0. The minimum absolute atomic E-state index is 0.0989. The number of hydrogen-bond acceptors (Lipinski definition) is 5. The van der Waals surface area contributed by atoms with Gasteiger partial charge in [0.25, 0.3) is 5.91 Å². The second-order valence-electron chi connectivity index (χ2n) is 8.20. The van der Waals surface area contributed by atoms with Crippen molar-refractivity contribution in [2.45, 2.75) is 13.5 Å². The molecule has 1 aliphatic rings. The Balaban J connectivity index is 1.49. The highest BCUT2D eigenvalue weighted by Gasteiger charge is 2.32. The molecule has 5 rings (SSSR count). The van der Waals surface area contributed by atoms with Gasteiger partial charge in [0.2, 0.25) is 0 Å². The van der Waals surface area contributed by atoms with Crippen LogP contribution in [0.4, 0.5) is 0 Å². The van der Waals surface area contributed by atoms with Gasteiger partial charge in [-0.2, -0.15) is 5.10 Å². The van der Waals surface area contributed by atoms with Gasteiger partial charge >= 0.3 is 0 Å². The van der Waals surface area contributed by atoms with Gasteiger partial charge in [0.15, 0.2) is 0 Å². The number of rotatable bonds is 6. The fourth-order valence-corrected chi connectivity index (χ4v) is 5.08. The van der Waals surface area contributed by atoms with Crippen molar-refractivity contribution in [1.82, 2.24) is 14.7 Å². The number of thioether (sulfide) groups is 1. The third-order valence-corrected chi connectivity index (χ3v) is 7.13. The Kier molecular flexibility index (Phi) is 6.53. The van der Waals surface area contributed by atoms with Crippen molar-refractivity contribution in [3.8, 4) is 22.7 Å². The summed E-state index contributed by atoms with van der Waals surface area (Å²) in [6.45, 7) is 2.47. The van der Waals surface area contributed by atoms with Crippen LogP contribution in [0.5, 0.6) is 5.75 Å². The van der Waals surface area contributed by atoms with Gasteiger partial charge in [-0.3, -0.25) is 9.69 Å². The zero-order chi connectivity index (χ0) is 24.4. The van der Waals surface area contributed by atoms with Gasteiger partial charge in [0.1, 0.15) is 10.1 Å². The summed E-state index contributed by atoms with van der Waals surface area (Å²) in [6, 6.07) is 25.8. The number of aromatic nitrogens is 2. The van der Waals surface area contributed by atoms with E-state index < -0.39 is 0 Å². The number of aryl methyl sites for hydroxylation is 1. The van der Waals surface area contributed by atoms with E-state index in [4.69, 9.17) is 22.1 Å². The van der Waals surface area contributed by atoms with Crippen LogP contribution < -0.4 is 4.74 Å². The van der Waals surface area contributed by atoms with Crippen molar-refractivity contribution in [2.24, 2.45) is 0 Å². The first kappa shape index (κ1) is 23.1. The number of ether oxygens (including phenoxy) is 1. The van der Waals surface area contributed by atoms with Gasteiger partial charge in [-0.15, -0.1) is 0 Å². The summed E-state index contributed by atoms with van der Waals surface area (Å²) in [6.07, 6.45) is 3.86. The zero-order valence-electron chi connectivity index (χ0n) is 19.3. The summed E-state index contributed by atoms with van der Waals surface area (Å²) in [5, 5.41) is 4.86. The van der Waals surface area contributed by atoms with Crippen molar-refractivity contribution in [3.63, 3.8) is 0 Å². The van der Waals surface area contributed by atoms with Gasteiger partial charge < -0.3 is 4.74 Å². The maximum absolute atomic E-state index is 13.3. The predicted molar refractivity (Wildman–Crippen MR) is 145 cm³/mol. The molecule has 5 nitrogen and oxygen atoms in total. The van der Waals surface area contributed by atoms with E-state index in [9.17, 15) is 4.79 Å². The van der Waals surface area contributed by atoms with Crippen molar-refractivity contribution in [1.29, 1.82) is 0 Å². The molecular weight excluding hydrogens is 474 g/mol. The average Bonchev–Trinajstić information content (AvgIpc) is 3.42. The van der Waals surface area contributed by atoms with E-state index in [2.05, 4.69) is 31.2 Å². The molecule has 0 spiro atoms. The number of amides is 1. The molecule has 0 aliphatic carbocycles. The number of benzene rings is 3. The molecule has 0 bridgehead atoms. The minimum atomic E-state index is -0.0989. The molecule has 1 amide bonds. The Morgan fingerprint density at radius 1 is 1.00 bits per heavy atom. The minimum Gasteiger partial charge on any atom is -0.497 e. The van der Waals surface area contributed by atoms with Gasteiger partial charge in [0.05, 0.1) is 29.9 Å². The van der Waals surface area contributed by atoms with E-state index in [1.54, 1.807) is 12.0 Å². The Hall–Kier alpha value is -3.68. The van der Waals surface area contributed by atoms with Crippen LogP contribution in [0.1, 0.15) is 16.7 Å². The highest BCUT2D eigenvalue weighted by atomic mass is 32.2. The first-order chi connectivity index (χ1) is 17.0. The molecule has 0 radical (unpaired) electrons. The van der Waals surface area contributed by atoms with Gasteiger partial charge in [-0.1, -0.05) is 84.1 Å². The standard InChI is InChI=1S/C28H23N3O2S2/c1-19-8-12-21(13-9-19)26-22(18-31(29-26)23-6-4-3-5-7-23)16-25-27(32)30(28(34)35-25)17-20-10-14-24(33-2)15-11-20/h3-16,18H,17H2,1-2H3. The first-order valence-corrected chi connectivity index (χ1v) is 12.3. The van der Waals surface area contributed by atoms with Crippen molar-refractivity contribution in [2.75, 3.05) is 7.11 Å². The van der Waals surface area contributed by atoms with Crippen molar-refractivity contribution in [3.05, 3.63) is 107 Å². The fraction of sp³-hybridized carbons (Fsp3) is 0.107. The van der Waals surface area contributed by atoms with E-state index in [-0.39, 0.29) is 5.91 Å². The molecule has 1 aliphatic heterocycles. The van der Waals surface area contributed by atoms with Crippen LogP contribution >= 0.6 is 24.0 Å². The second-order valence-corrected chi connectivity index (χ2v) is 9.87. The lowest BCUT2D eigenvalue weighted by Gasteiger charge is -2.14. The molecule has 1 fully saturated rings. The normalized spacial score (nSPS) is 14.7. The van der Waals surface area contributed by atoms with Crippen LogP contribution in [-0.2, 0) is 11.3 Å². The molecule has 0 saturated carbocycles. The quantitative estimate of drug-likeness (QED) is 0.233. The largest absolute Gasteiger partial charge is 0.497 e. The Morgan fingerprint density at radius 3 is 2.40 bits per heavy atom. The number of carbonyl (C=O) groups is 1. The van der Waals surface area contributed by atoms with Gasteiger partial charge in [-0.05, 0) is 42.8 Å². The van der Waals surface area contributed by atoms with E-state index in [0.717, 1.165) is 33.8 Å². The molecule has 35 heavy (non-hydrogen) atoms. The number of methoxy groups -OCH3 is 1. The molecule has 0 N–H and O–H groups in total. The third-order valence-electron chi connectivity index (χ3n) is 5.75. The van der Waals surface area contributed by atoms with E-state index in [1.807, 2.05) is 71.6 Å². The molecule has 1 saturated heterocycles. The Bertz CT molecular complexity index is 1410. The maximum Gasteiger partial charge on any atom is 0.266 e. The van der Waals surface area contributed by atoms with Crippen LogP contribution in [0.25, 0.3) is 23.0 Å². The second kappa shape index (κ2) is 9.90. The highest BCUT2D eigenvalue weighted by Crippen LogP contribution is 2.36. The number of nitrogens with zero attached hydrogens (tertiary/aromatic N) is 3. The lowest BCUT2D eigenvalue weighted by Crippen LogP contribution is -2.27. The monoisotopic (exact) mass is 497 g/mol. The smallest absolute Gasteiger partial charge is 0.266 e. The van der Waals surface area contributed by atoms with Gasteiger partial charge in [0, 0.05) is 17.3 Å². The summed E-state index contributed by atoms with van der Waals surface area (Å²) in [4.78, 5) is 15.5. The molecule has 2 heterocycles. The fourth-order valence-electron chi connectivity index (χ4n) is 3.83. The van der Waals surface area contributed by atoms with E-state index >= 15 is 0 Å². The molecule has 3 aromatic carbocycles. The lowest BCUT2D eigenvalue weighted by molar-refractivity contribution is -0.122. The third kappa shape index (κ3) is 4.92. The molecule has 7 heteroatoms. The summed E-state index contributed by atoms with van der Waals surface area (Å²) in [5.41, 5.74) is 5.78. The maximum atomic E-state index is 13.3. The first-order valence-electron chi connectivity index (χ1n) is 11.1. The van der Waals surface area contributed by atoms with Crippen molar-refractivity contribution < 1.29 is 9.53 Å². The van der Waals surface area contributed by atoms with E-state index in [0.29, 0.717) is 15.8 Å². The Labute approximate surface area is 214 Å². The summed E-state index contributed by atoms with van der Waals surface area (Å²) in [7, 11) is 1.63. The summed E-state index contributed by atoms with van der Waals surface area (Å²) >= 11 is 6.88. The highest BCUT2D eigenvalue weighted by molar-refractivity contribution is 8.26. The van der Waals surface area contributed by atoms with Crippen LogP contribution in [-0.4, -0.2) is 32.0 Å². The number of para-hydroxylation sites is 1. The summed E-state index contributed by atoms with van der Waals surface area (Å²) in [5.74, 6) is 0.677. The SMILES string of the molecule is COc1ccc(CN2C(=O)C(=Cc3cn(-c4ccccc4)nc3-c3ccc(C)cc3)SC2=S)cc1. The molecule has 0 unspecified atom stereocenters. The number of hydrogen-bond donors (Lipinski definition) is 0. The molecule has 4 aromatic rings. The van der Waals surface area contributed by atoms with Gasteiger partial charge in [-0.25, -0.2) is 4.68 Å². The van der Waals surface area contributed by atoms with Crippen molar-refractivity contribution >= 4 is 40.3 Å². The molecule has 1 aromatic heterocycles. The number of carbonyl (C=O) groups excluding carboxylic acids is 1. The lowest BCUT2D eigenvalue weighted by atomic mass is 10.1. The van der Waals surface area contributed by atoms with Crippen LogP contribution in [0.3, 0.4) is 0 Å². The van der Waals surface area contributed by atoms with Crippen LogP contribution in [0.15, 0.2) is 90.0 Å². The van der Waals surface area contributed by atoms with Crippen LogP contribution in [0, 0.1) is 6.92 Å². The predicted octanol–water partition coefficient (Wildman–Crippen LogP) is 6.26. The van der Waals surface area contributed by atoms with E-state index in [1.165, 1.54) is 17.3 Å². The molecule has 174 valence electrons. The molecule has 0 atom stereocenters. The van der Waals surface area contributed by atoms with Crippen LogP contribution in [0.2, 0.25) is 0 Å². The number of thiocarbonyl (C=S) groups is 1. The Morgan fingerprint density at radius 2 is 1.71 bits per heavy atom. The summed E-state index contributed by atoms with van der Waals surface area (Å²) < 4.78 is 7.62. The average molecular weight is 498 g/mol. The topological polar surface area (TPSA) is 47.4 Å². The molecular formula is C28H23N3O2S2.